The van der Waals surface area contributed by atoms with Crippen molar-refractivity contribution in [2.45, 2.75) is 16.2 Å². The van der Waals surface area contributed by atoms with E-state index in [-0.39, 0.29) is 0 Å². The molecule has 1 heterocycles. The van der Waals surface area contributed by atoms with Gasteiger partial charge in [-0.1, -0.05) is 35.9 Å². The van der Waals surface area contributed by atoms with Crippen molar-refractivity contribution in [2.75, 3.05) is 26.2 Å². The number of rotatable bonds is 8. The highest BCUT2D eigenvalue weighted by Gasteiger charge is 2.62. The van der Waals surface area contributed by atoms with E-state index in [0.29, 0.717) is 24.3 Å². The molecule has 1 aliphatic rings. The van der Waals surface area contributed by atoms with Crippen molar-refractivity contribution in [1.29, 1.82) is 0 Å². The lowest BCUT2D eigenvalue weighted by molar-refractivity contribution is -0.669. The molecule has 14 nitrogen and oxygen atoms in total. The van der Waals surface area contributed by atoms with Gasteiger partial charge in [-0.05, 0) is 12.1 Å². The zero-order valence-electron chi connectivity index (χ0n) is 16.6. The molecular weight excluding hydrogens is 536 g/mol. The predicted octanol–water partition coefficient (Wildman–Crippen LogP) is 1.77. The topological polar surface area (TPSA) is 140 Å². The van der Waals surface area contributed by atoms with E-state index in [1.165, 1.54) is 0 Å². The quantitative estimate of drug-likeness (QED) is 0.154. The first kappa shape index (κ1) is 28.2. The number of nitro groups is 2. The minimum atomic E-state index is -5.48. The van der Waals surface area contributed by atoms with E-state index in [0.717, 1.165) is 0 Å². The predicted molar refractivity (Wildman–Crippen MR) is 92.1 cm³/mol. The lowest BCUT2D eigenvalue weighted by Gasteiger charge is -2.44. The Labute approximate surface area is 188 Å². The molecule has 1 aromatic carbocycles. The van der Waals surface area contributed by atoms with E-state index in [4.69, 9.17) is 0 Å². The Morgan fingerprint density at radius 2 is 1.11 bits per heavy atom. The molecule has 198 valence electrons. The van der Waals surface area contributed by atoms with Crippen LogP contribution >= 0.6 is 0 Å². The number of hydrazine groups is 1. The lowest BCUT2D eigenvalue weighted by atomic mass is 10.1. The Hall–Kier alpha value is -2.99. The fourth-order valence-electron chi connectivity index (χ4n) is 3.08. The molecule has 2 rings (SSSR count). The fraction of sp³-hybridized carbons (Fsp3) is 0.500. The first-order valence-corrected chi connectivity index (χ1v) is 10.1. The van der Waals surface area contributed by atoms with Gasteiger partial charge in [0, 0.05) is 12.1 Å². The average Bonchev–Trinajstić information content (AvgIpc) is 2.72. The molecule has 0 radical (unpaired) electrons. The molecule has 0 amide bonds. The van der Waals surface area contributed by atoms with E-state index in [1.807, 2.05) is 0 Å². The maximum Gasteiger partial charge on any atom is 0.269 e. The normalized spacial score (nSPS) is 19.3. The van der Waals surface area contributed by atoms with Crippen LogP contribution in [0.15, 0.2) is 29.2 Å². The molecule has 1 saturated heterocycles. The van der Waals surface area contributed by atoms with Gasteiger partial charge in [0.15, 0.2) is 5.03 Å². The largest absolute Gasteiger partial charge is 0.269 e. The van der Waals surface area contributed by atoms with Crippen LogP contribution in [-0.4, -0.2) is 86.6 Å². The SMILES string of the molecule is O=[N+]([O-])c1ccc(S(=O)(=O)N2CC(N(F)F)(N(F)F)CN([N+](=O)[O-])CC(N(F)F)(N(F)F)C2)cc1. The van der Waals surface area contributed by atoms with Crippen molar-refractivity contribution >= 4 is 15.7 Å². The Morgan fingerprint density at radius 1 is 0.743 bits per heavy atom. The molecule has 0 spiro atoms. The van der Waals surface area contributed by atoms with Crippen molar-refractivity contribution in [3.8, 4) is 0 Å². The van der Waals surface area contributed by atoms with Gasteiger partial charge >= 0.3 is 0 Å². The van der Waals surface area contributed by atoms with Crippen LogP contribution in [0.3, 0.4) is 0 Å². The summed E-state index contributed by atoms with van der Waals surface area (Å²) >= 11 is 0. The third-order valence-electron chi connectivity index (χ3n) is 4.91. The number of sulfonamides is 1. The first-order valence-electron chi connectivity index (χ1n) is 8.62. The third-order valence-corrected chi connectivity index (χ3v) is 6.71. The Morgan fingerprint density at radius 3 is 1.40 bits per heavy atom. The summed E-state index contributed by atoms with van der Waals surface area (Å²) in [6.07, 6.45) is 0. The molecule has 0 saturated carbocycles. The highest BCUT2D eigenvalue weighted by Crippen LogP contribution is 2.36. The zero-order valence-corrected chi connectivity index (χ0v) is 17.4. The summed E-state index contributed by atoms with van der Waals surface area (Å²) in [6.45, 7) is -8.98. The number of hydrogen-bond donors (Lipinski definition) is 0. The second kappa shape index (κ2) is 9.94. The smallest absolute Gasteiger partial charge is 0.258 e. The Bertz CT molecular complexity index is 1000. The molecule has 35 heavy (non-hydrogen) atoms. The van der Waals surface area contributed by atoms with E-state index in [2.05, 4.69) is 0 Å². The van der Waals surface area contributed by atoms with Gasteiger partial charge in [-0.15, -0.1) is 5.01 Å². The van der Waals surface area contributed by atoms with Crippen molar-refractivity contribution in [3.05, 3.63) is 44.5 Å². The number of nitro benzene ring substituents is 1. The molecule has 0 atom stereocenters. The molecular formula is C12H12F8N8O6S. The Kier molecular flexibility index (Phi) is 8.02. The van der Waals surface area contributed by atoms with Gasteiger partial charge in [-0.3, -0.25) is 10.1 Å². The van der Waals surface area contributed by atoms with Gasteiger partial charge in [0.05, 0.1) is 44.3 Å². The van der Waals surface area contributed by atoms with Gasteiger partial charge in [-0.2, -0.15) is 4.31 Å². The number of hydrogen-bond acceptors (Lipinski definition) is 10. The van der Waals surface area contributed by atoms with Crippen LogP contribution in [0, 0.1) is 20.2 Å². The Balaban J connectivity index is 2.76. The first-order chi connectivity index (χ1) is 16.0. The number of halogens is 8. The molecule has 0 unspecified atom stereocenters. The summed E-state index contributed by atoms with van der Waals surface area (Å²) in [5, 5.41) is 9.95. The highest BCUT2D eigenvalue weighted by molar-refractivity contribution is 7.89. The van der Waals surface area contributed by atoms with Crippen LogP contribution < -0.4 is 0 Å². The van der Waals surface area contributed by atoms with Gasteiger partial charge in [-0.25, -0.2) is 18.5 Å². The van der Waals surface area contributed by atoms with Crippen LogP contribution in [0.1, 0.15) is 0 Å². The summed E-state index contributed by atoms with van der Waals surface area (Å²) in [6, 6.07) is 2.06. The van der Waals surface area contributed by atoms with E-state index in [1.54, 1.807) is 0 Å². The van der Waals surface area contributed by atoms with Crippen LogP contribution in [0.25, 0.3) is 0 Å². The number of non-ortho nitro benzene ring substituents is 1. The number of nitrogens with zero attached hydrogens (tertiary/aromatic N) is 8. The average molecular weight is 548 g/mol. The van der Waals surface area contributed by atoms with Crippen molar-refractivity contribution in [1.82, 2.24) is 30.7 Å². The molecule has 1 fully saturated rings. The molecule has 23 heteroatoms. The van der Waals surface area contributed by atoms with Crippen LogP contribution in [0.4, 0.5) is 41.5 Å². The summed E-state index contributed by atoms with van der Waals surface area (Å²) < 4.78 is 134. The summed E-state index contributed by atoms with van der Waals surface area (Å²) in [7, 11) is -5.48. The molecule has 1 aromatic rings. The maximum absolute atomic E-state index is 13.6. The summed E-state index contributed by atoms with van der Waals surface area (Å²) in [4.78, 5) is 19.8. The second-order valence-corrected chi connectivity index (χ2v) is 8.92. The van der Waals surface area contributed by atoms with Crippen LogP contribution in [0.2, 0.25) is 0 Å². The van der Waals surface area contributed by atoms with Gasteiger partial charge in [0.2, 0.25) is 21.3 Å². The van der Waals surface area contributed by atoms with Crippen LogP contribution in [-0.2, 0) is 10.0 Å². The minimum absolute atomic E-state index is 0.468. The van der Waals surface area contributed by atoms with Gasteiger partial charge in [0.25, 0.3) is 5.69 Å². The monoisotopic (exact) mass is 548 g/mol. The van der Waals surface area contributed by atoms with Crippen LogP contribution in [0.5, 0.6) is 0 Å². The van der Waals surface area contributed by atoms with E-state index in [9.17, 15) is 64.5 Å². The van der Waals surface area contributed by atoms with Crippen molar-refractivity contribution < 1.29 is 54.2 Å². The van der Waals surface area contributed by atoms with E-state index < -0.39 is 98.8 Å². The fourth-order valence-corrected chi connectivity index (χ4v) is 4.61. The second-order valence-electron chi connectivity index (χ2n) is 6.98. The molecule has 0 aromatic heterocycles. The minimum Gasteiger partial charge on any atom is -0.258 e. The number of benzene rings is 1. The maximum atomic E-state index is 13.6. The standard InChI is InChI=1S/C12H12F8N8O6S/c13-24(14)11(25(15)16)5-21(28(31)32)6-12(26(17)18,27(19)20)8-22(7-11)35(33,34)10-3-1-9(2-4-10)23(29)30/h1-4H,5-8H2. The summed E-state index contributed by atoms with van der Waals surface area (Å²) in [5.41, 5.74) is -9.11. The van der Waals surface area contributed by atoms with Crippen molar-refractivity contribution in [2.24, 2.45) is 0 Å². The van der Waals surface area contributed by atoms with Crippen molar-refractivity contribution in [3.63, 3.8) is 0 Å². The third kappa shape index (κ3) is 5.18. The molecule has 0 N–H and O–H groups in total. The lowest BCUT2D eigenvalue weighted by Crippen LogP contribution is -2.72. The molecule has 1 aliphatic heterocycles. The zero-order chi connectivity index (χ0) is 26.9. The highest BCUT2D eigenvalue weighted by atomic mass is 32.2. The molecule has 0 aliphatic carbocycles. The molecule has 0 bridgehead atoms. The van der Waals surface area contributed by atoms with Gasteiger partial charge < -0.3 is 0 Å². The van der Waals surface area contributed by atoms with Gasteiger partial charge in [0.1, 0.15) is 13.1 Å². The summed E-state index contributed by atoms with van der Waals surface area (Å²) in [5.74, 6) is 0. The van der Waals surface area contributed by atoms with E-state index >= 15 is 0 Å².